The molecule has 1 nitrogen and oxygen atoms in total. The van der Waals surface area contributed by atoms with Crippen molar-refractivity contribution in [2.45, 2.75) is 26.8 Å². The molecule has 0 saturated heterocycles. The Morgan fingerprint density at radius 3 is 2.29 bits per heavy atom. The molecule has 0 bridgehead atoms. The highest BCUT2D eigenvalue weighted by Crippen LogP contribution is 2.11. The second-order valence-corrected chi connectivity index (χ2v) is 3.36. The molecular formula is C13H19N. The highest BCUT2D eigenvalue weighted by atomic mass is 14.9. The van der Waals surface area contributed by atoms with E-state index in [4.69, 9.17) is 0 Å². The van der Waals surface area contributed by atoms with Crippen molar-refractivity contribution in [3.05, 3.63) is 47.5 Å². The number of nitrogens with one attached hydrogen (secondary N) is 1. The van der Waals surface area contributed by atoms with Crippen LogP contribution < -0.4 is 5.32 Å². The first-order valence-electron chi connectivity index (χ1n) is 5.23. The van der Waals surface area contributed by atoms with Gasteiger partial charge in [0.05, 0.1) is 0 Å². The summed E-state index contributed by atoms with van der Waals surface area (Å²) in [7, 11) is 0. The van der Waals surface area contributed by atoms with E-state index in [9.17, 15) is 0 Å². The predicted molar refractivity (Wildman–Crippen MR) is 62.3 cm³/mol. The number of fused-ring (bicyclic) bond motifs is 1. The third kappa shape index (κ3) is 3.35. The molecule has 0 spiro atoms. The van der Waals surface area contributed by atoms with Crippen LogP contribution in [0.3, 0.4) is 0 Å². The normalized spacial score (nSPS) is 14.4. The van der Waals surface area contributed by atoms with Crippen molar-refractivity contribution in [1.29, 1.82) is 0 Å². The maximum absolute atomic E-state index is 3.34. The third-order valence-corrected chi connectivity index (χ3v) is 2.34. The molecule has 0 aromatic heterocycles. The largest absolute Gasteiger partial charge is 0.312 e. The summed E-state index contributed by atoms with van der Waals surface area (Å²) in [5.41, 5.74) is 2.98. The molecule has 0 amide bonds. The van der Waals surface area contributed by atoms with Crippen LogP contribution in [0.15, 0.2) is 36.4 Å². The molecule has 1 N–H and O–H groups in total. The SMILES string of the molecule is CC=CC.c1ccc2c(c1)CCNC2. The molecule has 1 aliphatic rings. The summed E-state index contributed by atoms with van der Waals surface area (Å²) < 4.78 is 0. The highest BCUT2D eigenvalue weighted by molar-refractivity contribution is 5.28. The Hall–Kier alpha value is -1.08. The van der Waals surface area contributed by atoms with Crippen molar-refractivity contribution in [2.24, 2.45) is 0 Å². The smallest absolute Gasteiger partial charge is 0.0208 e. The minimum Gasteiger partial charge on any atom is -0.312 e. The molecule has 1 aliphatic heterocycles. The first-order chi connectivity index (χ1) is 6.88. The van der Waals surface area contributed by atoms with Crippen molar-refractivity contribution in [1.82, 2.24) is 5.32 Å². The van der Waals surface area contributed by atoms with Gasteiger partial charge < -0.3 is 5.32 Å². The summed E-state index contributed by atoms with van der Waals surface area (Å²) in [6, 6.07) is 8.63. The summed E-state index contributed by atoms with van der Waals surface area (Å²) >= 11 is 0. The predicted octanol–water partition coefficient (Wildman–Crippen LogP) is 2.91. The zero-order valence-corrected chi connectivity index (χ0v) is 9.09. The third-order valence-electron chi connectivity index (χ3n) is 2.34. The average Bonchev–Trinajstić information content (AvgIpc) is 2.30. The van der Waals surface area contributed by atoms with Crippen molar-refractivity contribution >= 4 is 0 Å². The lowest BCUT2D eigenvalue weighted by atomic mass is 10.0. The number of hydrogen-bond acceptors (Lipinski definition) is 1. The molecule has 0 unspecified atom stereocenters. The first-order valence-corrected chi connectivity index (χ1v) is 5.23. The minimum absolute atomic E-state index is 1.05. The van der Waals surface area contributed by atoms with Gasteiger partial charge in [-0.25, -0.2) is 0 Å². The molecule has 0 saturated carbocycles. The monoisotopic (exact) mass is 189 g/mol. The quantitative estimate of drug-likeness (QED) is 0.619. The van der Waals surface area contributed by atoms with E-state index in [2.05, 4.69) is 29.6 Å². The van der Waals surface area contributed by atoms with E-state index in [1.807, 2.05) is 26.0 Å². The van der Waals surface area contributed by atoms with Gasteiger partial charge in [-0.1, -0.05) is 36.4 Å². The summed E-state index contributed by atoms with van der Waals surface area (Å²) in [5, 5.41) is 3.34. The lowest BCUT2D eigenvalue weighted by Gasteiger charge is -2.15. The van der Waals surface area contributed by atoms with Crippen LogP contribution in [-0.2, 0) is 13.0 Å². The number of benzene rings is 1. The molecule has 0 atom stereocenters. The van der Waals surface area contributed by atoms with E-state index < -0.39 is 0 Å². The second-order valence-electron chi connectivity index (χ2n) is 3.36. The van der Waals surface area contributed by atoms with Crippen LogP contribution in [0, 0.1) is 0 Å². The molecule has 1 heterocycles. The topological polar surface area (TPSA) is 12.0 Å². The van der Waals surface area contributed by atoms with Crippen molar-refractivity contribution in [3.63, 3.8) is 0 Å². The van der Waals surface area contributed by atoms with Crippen LogP contribution in [0.1, 0.15) is 25.0 Å². The van der Waals surface area contributed by atoms with E-state index in [1.165, 1.54) is 17.5 Å². The fourth-order valence-corrected chi connectivity index (χ4v) is 1.42. The van der Waals surface area contributed by atoms with E-state index in [1.54, 1.807) is 0 Å². The van der Waals surface area contributed by atoms with Gasteiger partial charge in [-0.15, -0.1) is 0 Å². The molecular weight excluding hydrogens is 170 g/mol. The Labute approximate surface area is 86.8 Å². The van der Waals surface area contributed by atoms with Crippen LogP contribution in [0.4, 0.5) is 0 Å². The van der Waals surface area contributed by atoms with Gasteiger partial charge in [0.15, 0.2) is 0 Å². The summed E-state index contributed by atoms with van der Waals surface area (Å²) in [6.07, 6.45) is 5.19. The van der Waals surface area contributed by atoms with Gasteiger partial charge in [0.1, 0.15) is 0 Å². The Morgan fingerprint density at radius 1 is 1.07 bits per heavy atom. The Morgan fingerprint density at radius 2 is 1.71 bits per heavy atom. The van der Waals surface area contributed by atoms with E-state index in [0.29, 0.717) is 0 Å². The van der Waals surface area contributed by atoms with Crippen LogP contribution in [0.5, 0.6) is 0 Å². The number of allylic oxidation sites excluding steroid dienone is 2. The summed E-state index contributed by atoms with van der Waals surface area (Å²) in [5.74, 6) is 0. The van der Waals surface area contributed by atoms with E-state index >= 15 is 0 Å². The maximum Gasteiger partial charge on any atom is 0.0208 e. The molecule has 76 valence electrons. The lowest BCUT2D eigenvalue weighted by molar-refractivity contribution is 0.644. The number of rotatable bonds is 0. The summed E-state index contributed by atoms with van der Waals surface area (Å²) in [6.45, 7) is 6.19. The Balaban J connectivity index is 0.000000213. The van der Waals surface area contributed by atoms with Crippen LogP contribution in [-0.4, -0.2) is 6.54 Å². The first kappa shape index (κ1) is 11.0. The molecule has 2 rings (SSSR count). The van der Waals surface area contributed by atoms with Crippen LogP contribution >= 0.6 is 0 Å². The number of hydrogen-bond donors (Lipinski definition) is 1. The van der Waals surface area contributed by atoms with Gasteiger partial charge in [0.25, 0.3) is 0 Å². The van der Waals surface area contributed by atoms with E-state index in [-0.39, 0.29) is 0 Å². The molecule has 0 radical (unpaired) electrons. The maximum atomic E-state index is 3.34. The van der Waals surface area contributed by atoms with Crippen molar-refractivity contribution in [2.75, 3.05) is 6.54 Å². The van der Waals surface area contributed by atoms with Gasteiger partial charge in [-0.3, -0.25) is 0 Å². The van der Waals surface area contributed by atoms with Gasteiger partial charge in [0, 0.05) is 6.54 Å². The zero-order chi connectivity index (χ0) is 10.2. The Kier molecular flexibility index (Phi) is 5.02. The average molecular weight is 189 g/mol. The zero-order valence-electron chi connectivity index (χ0n) is 9.09. The fraction of sp³-hybridized carbons (Fsp3) is 0.385. The minimum atomic E-state index is 1.05. The molecule has 1 aromatic rings. The molecule has 1 heteroatoms. The van der Waals surface area contributed by atoms with Gasteiger partial charge >= 0.3 is 0 Å². The standard InChI is InChI=1S/C9H11N.C4H8/c1-2-4-9-7-10-6-5-8(9)3-1;1-3-4-2/h1-4,10H,5-7H2;3-4H,1-2H3. The van der Waals surface area contributed by atoms with E-state index in [0.717, 1.165) is 13.1 Å². The van der Waals surface area contributed by atoms with Gasteiger partial charge in [0.2, 0.25) is 0 Å². The molecule has 14 heavy (non-hydrogen) atoms. The molecule has 1 aromatic carbocycles. The van der Waals surface area contributed by atoms with Gasteiger partial charge in [-0.05, 0) is 37.9 Å². The lowest BCUT2D eigenvalue weighted by Crippen LogP contribution is -2.23. The van der Waals surface area contributed by atoms with Crippen molar-refractivity contribution in [3.8, 4) is 0 Å². The fourth-order valence-electron chi connectivity index (χ4n) is 1.42. The van der Waals surface area contributed by atoms with Crippen LogP contribution in [0.2, 0.25) is 0 Å². The van der Waals surface area contributed by atoms with Gasteiger partial charge in [-0.2, -0.15) is 0 Å². The molecule has 0 fully saturated rings. The molecule has 0 aliphatic carbocycles. The van der Waals surface area contributed by atoms with Crippen molar-refractivity contribution < 1.29 is 0 Å². The highest BCUT2D eigenvalue weighted by Gasteiger charge is 2.05. The van der Waals surface area contributed by atoms with Crippen LogP contribution in [0.25, 0.3) is 0 Å². The summed E-state index contributed by atoms with van der Waals surface area (Å²) in [4.78, 5) is 0. The Bertz CT molecular complexity index is 260. The second kappa shape index (κ2) is 6.39.